The lowest BCUT2D eigenvalue weighted by Gasteiger charge is -2.16. The van der Waals surface area contributed by atoms with Crippen LogP contribution in [0.3, 0.4) is 0 Å². The van der Waals surface area contributed by atoms with Crippen molar-refractivity contribution in [1.82, 2.24) is 0 Å². The topological polar surface area (TPSA) is 86.3 Å². The van der Waals surface area contributed by atoms with Crippen molar-refractivity contribution in [3.63, 3.8) is 0 Å². The van der Waals surface area contributed by atoms with Gasteiger partial charge in [-0.3, -0.25) is 20.2 Å². The molecule has 0 bridgehead atoms. The minimum atomic E-state index is -0.576. The Bertz CT molecular complexity index is 958. The van der Waals surface area contributed by atoms with Crippen LogP contribution in [0.4, 0.5) is 11.4 Å². The van der Waals surface area contributed by atoms with E-state index in [4.69, 9.17) is 0 Å². The zero-order valence-electron chi connectivity index (χ0n) is 22.3. The number of benzene rings is 2. The molecule has 6 nitrogen and oxygen atoms in total. The molecule has 0 unspecified atom stereocenters. The van der Waals surface area contributed by atoms with Crippen LogP contribution < -0.4 is 0 Å². The van der Waals surface area contributed by atoms with Crippen LogP contribution in [-0.4, -0.2) is 9.85 Å². The fourth-order valence-corrected chi connectivity index (χ4v) is 4.96. The number of nitrogens with zero attached hydrogens (tertiary/aromatic N) is 2. The summed E-state index contributed by atoms with van der Waals surface area (Å²) >= 11 is 0. The van der Waals surface area contributed by atoms with E-state index in [0.717, 1.165) is 43.7 Å². The van der Waals surface area contributed by atoms with Crippen molar-refractivity contribution in [3.05, 3.63) is 67.8 Å². The van der Waals surface area contributed by atoms with Gasteiger partial charge in [-0.1, -0.05) is 109 Å². The summed E-state index contributed by atoms with van der Waals surface area (Å²) in [5, 5.41) is 23.1. The van der Waals surface area contributed by atoms with Gasteiger partial charge in [-0.25, -0.2) is 0 Å². The van der Waals surface area contributed by atoms with Gasteiger partial charge in [0.25, 0.3) is 11.4 Å². The van der Waals surface area contributed by atoms with Gasteiger partial charge in [0, 0.05) is 6.07 Å². The quantitative estimate of drug-likeness (QED) is 0.110. The van der Waals surface area contributed by atoms with Gasteiger partial charge in [0.2, 0.25) is 0 Å². The smallest absolute Gasteiger partial charge is 0.258 e. The summed E-state index contributed by atoms with van der Waals surface area (Å²) in [7, 11) is 0. The van der Waals surface area contributed by atoms with Gasteiger partial charge >= 0.3 is 0 Å². The van der Waals surface area contributed by atoms with Crippen molar-refractivity contribution in [2.75, 3.05) is 0 Å². The molecule has 2 rings (SSSR count). The molecule has 0 spiro atoms. The first-order valence-electron chi connectivity index (χ1n) is 14.0. The van der Waals surface area contributed by atoms with Gasteiger partial charge in [0.1, 0.15) is 0 Å². The second-order valence-electron chi connectivity index (χ2n) is 9.90. The summed E-state index contributed by atoms with van der Waals surface area (Å²) < 4.78 is 0. The van der Waals surface area contributed by atoms with Crippen molar-refractivity contribution in [2.24, 2.45) is 0 Å². The standard InChI is InChI=1S/C30H44N2O4/c1-3-5-7-9-11-13-15-18-25-19-17-21-28(27(25)20-16-14-12-10-8-6-4-2)29-23-22-26(31(33)34)24-30(29)32(35)36/h17,19,21-24H,3-16,18,20H2,1-2H3. The molecular formula is C30H44N2O4. The molecule has 6 heteroatoms. The minimum absolute atomic E-state index is 0.196. The number of nitro groups is 2. The second kappa shape index (κ2) is 16.8. The number of hydrogen-bond acceptors (Lipinski definition) is 4. The fourth-order valence-electron chi connectivity index (χ4n) is 4.96. The molecule has 0 heterocycles. The van der Waals surface area contributed by atoms with Gasteiger partial charge in [-0.2, -0.15) is 0 Å². The summed E-state index contributed by atoms with van der Waals surface area (Å²) in [5.74, 6) is 0. The van der Waals surface area contributed by atoms with E-state index in [1.807, 2.05) is 12.1 Å². The Morgan fingerprint density at radius 1 is 0.611 bits per heavy atom. The van der Waals surface area contributed by atoms with Crippen molar-refractivity contribution >= 4 is 11.4 Å². The molecule has 0 aromatic heterocycles. The van der Waals surface area contributed by atoms with Crippen LogP contribution in [0.5, 0.6) is 0 Å². The maximum Gasteiger partial charge on any atom is 0.284 e. The molecule has 0 atom stereocenters. The summed E-state index contributed by atoms with van der Waals surface area (Å²) in [5.41, 5.74) is 3.32. The van der Waals surface area contributed by atoms with Crippen LogP contribution >= 0.6 is 0 Å². The first kappa shape index (κ1) is 29.5. The molecule has 0 fully saturated rings. The molecule has 36 heavy (non-hydrogen) atoms. The minimum Gasteiger partial charge on any atom is -0.258 e. The number of unbranched alkanes of at least 4 members (excludes halogenated alkanes) is 12. The van der Waals surface area contributed by atoms with Gasteiger partial charge < -0.3 is 0 Å². The molecule has 0 saturated carbocycles. The molecule has 2 aromatic carbocycles. The van der Waals surface area contributed by atoms with Gasteiger partial charge in [0.05, 0.1) is 21.5 Å². The highest BCUT2D eigenvalue weighted by Gasteiger charge is 2.23. The molecule has 0 amide bonds. The largest absolute Gasteiger partial charge is 0.284 e. The Morgan fingerprint density at radius 2 is 1.17 bits per heavy atom. The Kier molecular flexibility index (Phi) is 13.8. The highest BCUT2D eigenvalue weighted by Crippen LogP contribution is 2.37. The van der Waals surface area contributed by atoms with E-state index in [2.05, 4.69) is 19.9 Å². The van der Waals surface area contributed by atoms with Gasteiger partial charge in [-0.05, 0) is 48.4 Å². The lowest BCUT2D eigenvalue weighted by atomic mass is 9.88. The lowest BCUT2D eigenvalue weighted by molar-refractivity contribution is -0.393. The highest BCUT2D eigenvalue weighted by molar-refractivity contribution is 5.78. The van der Waals surface area contributed by atoms with Crippen LogP contribution in [0.2, 0.25) is 0 Å². The van der Waals surface area contributed by atoms with E-state index in [9.17, 15) is 20.2 Å². The van der Waals surface area contributed by atoms with Crippen molar-refractivity contribution in [3.8, 4) is 11.1 Å². The van der Waals surface area contributed by atoms with E-state index >= 15 is 0 Å². The molecule has 198 valence electrons. The molecule has 2 aromatic rings. The van der Waals surface area contributed by atoms with Crippen LogP contribution in [0, 0.1) is 20.2 Å². The van der Waals surface area contributed by atoms with E-state index in [1.54, 1.807) is 6.07 Å². The van der Waals surface area contributed by atoms with Crippen molar-refractivity contribution in [2.45, 2.75) is 117 Å². The maximum absolute atomic E-state index is 11.9. The SMILES string of the molecule is CCCCCCCCCc1cccc(-c2ccc([N+](=O)[O-])cc2[N+](=O)[O-])c1CCCCCCCCC. The number of rotatable bonds is 19. The summed E-state index contributed by atoms with van der Waals surface area (Å²) in [6, 6.07) is 10.1. The number of aryl methyl sites for hydroxylation is 1. The average molecular weight is 497 g/mol. The molecular weight excluding hydrogens is 452 g/mol. The van der Waals surface area contributed by atoms with Crippen LogP contribution in [0.15, 0.2) is 36.4 Å². The van der Waals surface area contributed by atoms with Gasteiger partial charge in [0.15, 0.2) is 0 Å². The Balaban J connectivity index is 2.23. The van der Waals surface area contributed by atoms with Gasteiger partial charge in [-0.15, -0.1) is 0 Å². The molecule has 0 radical (unpaired) electrons. The highest BCUT2D eigenvalue weighted by atomic mass is 16.6. The van der Waals surface area contributed by atoms with E-state index in [0.29, 0.717) is 5.56 Å². The van der Waals surface area contributed by atoms with Crippen molar-refractivity contribution in [1.29, 1.82) is 0 Å². The summed E-state index contributed by atoms with van der Waals surface area (Å²) in [4.78, 5) is 22.0. The Morgan fingerprint density at radius 3 is 1.72 bits per heavy atom. The third kappa shape index (κ3) is 9.71. The van der Waals surface area contributed by atoms with E-state index in [1.165, 1.54) is 87.8 Å². The zero-order chi connectivity index (χ0) is 26.2. The molecule has 0 saturated heterocycles. The Hall–Kier alpha value is -2.76. The zero-order valence-corrected chi connectivity index (χ0v) is 22.3. The third-order valence-electron chi connectivity index (χ3n) is 7.03. The number of non-ortho nitro benzene ring substituents is 1. The monoisotopic (exact) mass is 496 g/mol. The number of hydrogen-bond donors (Lipinski definition) is 0. The average Bonchev–Trinajstić information content (AvgIpc) is 2.87. The third-order valence-corrected chi connectivity index (χ3v) is 7.03. The predicted octanol–water partition coefficient (Wildman–Crippen LogP) is 9.76. The van der Waals surface area contributed by atoms with E-state index in [-0.39, 0.29) is 11.4 Å². The molecule has 0 aliphatic carbocycles. The maximum atomic E-state index is 11.9. The first-order valence-corrected chi connectivity index (χ1v) is 14.0. The van der Waals surface area contributed by atoms with Crippen LogP contribution in [0.25, 0.3) is 11.1 Å². The Labute approximate surface area is 216 Å². The molecule has 0 N–H and O–H groups in total. The predicted molar refractivity (Wildman–Crippen MR) is 149 cm³/mol. The van der Waals surface area contributed by atoms with Crippen LogP contribution in [0.1, 0.15) is 115 Å². The first-order chi connectivity index (χ1) is 17.5. The fraction of sp³-hybridized carbons (Fsp3) is 0.600. The normalized spacial score (nSPS) is 11.1. The summed E-state index contributed by atoms with van der Waals surface area (Å²) in [6.07, 6.45) is 19.0. The lowest BCUT2D eigenvalue weighted by Crippen LogP contribution is -2.01. The van der Waals surface area contributed by atoms with Crippen molar-refractivity contribution < 1.29 is 9.85 Å². The second-order valence-corrected chi connectivity index (χ2v) is 9.90. The number of nitro benzene ring substituents is 2. The molecule has 0 aliphatic heterocycles. The summed E-state index contributed by atoms with van der Waals surface area (Å²) in [6.45, 7) is 4.45. The van der Waals surface area contributed by atoms with E-state index < -0.39 is 9.85 Å². The molecule has 0 aliphatic rings. The van der Waals surface area contributed by atoms with Crippen LogP contribution in [-0.2, 0) is 12.8 Å².